The first-order chi connectivity index (χ1) is 11.4. The van der Waals surface area contributed by atoms with Gasteiger partial charge in [-0.05, 0) is 37.0 Å². The van der Waals surface area contributed by atoms with Crippen LogP contribution >= 0.6 is 0 Å². The van der Waals surface area contributed by atoms with Gasteiger partial charge in [-0.3, -0.25) is 4.99 Å². The third-order valence-corrected chi connectivity index (χ3v) is 5.12. The van der Waals surface area contributed by atoms with Crippen LogP contribution in [0.3, 0.4) is 0 Å². The highest BCUT2D eigenvalue weighted by molar-refractivity contribution is 5.79. The van der Waals surface area contributed by atoms with Crippen LogP contribution in [-0.2, 0) is 9.47 Å². The second kappa shape index (κ2) is 10.2. The quantitative estimate of drug-likeness (QED) is 0.499. The van der Waals surface area contributed by atoms with E-state index in [2.05, 4.69) is 38.3 Å². The molecular formula is C19H39N3O2. The second-order valence-electron chi connectivity index (χ2n) is 8.12. The number of nitrogens with one attached hydrogen (secondary N) is 2. The van der Waals surface area contributed by atoms with Crippen molar-refractivity contribution in [1.82, 2.24) is 10.6 Å². The number of ether oxygens (including phenoxy) is 2. The van der Waals surface area contributed by atoms with Gasteiger partial charge in [0.15, 0.2) is 5.96 Å². The predicted octanol–water partition coefficient (Wildman–Crippen LogP) is 3.20. The minimum absolute atomic E-state index is 0.101. The molecule has 0 spiro atoms. The van der Waals surface area contributed by atoms with Crippen molar-refractivity contribution in [2.45, 2.75) is 65.9 Å². The highest BCUT2D eigenvalue weighted by atomic mass is 16.5. The molecule has 24 heavy (non-hydrogen) atoms. The van der Waals surface area contributed by atoms with E-state index in [0.717, 1.165) is 38.6 Å². The summed E-state index contributed by atoms with van der Waals surface area (Å²) in [6.45, 7) is 12.0. The van der Waals surface area contributed by atoms with E-state index >= 15 is 0 Å². The van der Waals surface area contributed by atoms with Crippen LogP contribution in [0, 0.1) is 10.8 Å². The zero-order chi connectivity index (χ0) is 18.1. The fourth-order valence-corrected chi connectivity index (χ4v) is 3.45. The number of hydrogen-bond donors (Lipinski definition) is 2. The van der Waals surface area contributed by atoms with Crippen LogP contribution in [0.5, 0.6) is 0 Å². The summed E-state index contributed by atoms with van der Waals surface area (Å²) in [5.74, 6) is 0.896. The summed E-state index contributed by atoms with van der Waals surface area (Å²) in [7, 11) is 3.56. The molecule has 0 radical (unpaired) electrons. The SMILES string of the molecule is CCNC(=NCC1(CCOC)CCCC1)NCC(OC)C(C)(C)C. The van der Waals surface area contributed by atoms with Crippen molar-refractivity contribution in [2.75, 3.05) is 40.5 Å². The molecule has 0 heterocycles. The van der Waals surface area contributed by atoms with Crippen LogP contribution in [-0.4, -0.2) is 52.5 Å². The zero-order valence-corrected chi connectivity index (χ0v) is 16.7. The second-order valence-corrected chi connectivity index (χ2v) is 8.12. The highest BCUT2D eigenvalue weighted by Gasteiger charge is 2.33. The molecule has 0 aromatic rings. The lowest BCUT2D eigenvalue weighted by Gasteiger charge is -2.30. The smallest absolute Gasteiger partial charge is 0.191 e. The Morgan fingerprint density at radius 1 is 1.17 bits per heavy atom. The summed E-state index contributed by atoms with van der Waals surface area (Å²) in [5, 5.41) is 6.82. The van der Waals surface area contributed by atoms with Gasteiger partial charge in [-0.2, -0.15) is 0 Å². The molecule has 1 atom stereocenters. The minimum Gasteiger partial charge on any atom is -0.385 e. The zero-order valence-electron chi connectivity index (χ0n) is 16.7. The molecule has 2 N–H and O–H groups in total. The fourth-order valence-electron chi connectivity index (χ4n) is 3.45. The van der Waals surface area contributed by atoms with Gasteiger partial charge in [-0.1, -0.05) is 33.6 Å². The Morgan fingerprint density at radius 3 is 2.33 bits per heavy atom. The van der Waals surface area contributed by atoms with Gasteiger partial charge in [0.2, 0.25) is 0 Å². The van der Waals surface area contributed by atoms with E-state index in [4.69, 9.17) is 14.5 Å². The van der Waals surface area contributed by atoms with Gasteiger partial charge in [-0.15, -0.1) is 0 Å². The van der Waals surface area contributed by atoms with Crippen molar-refractivity contribution >= 4 is 5.96 Å². The summed E-state index contributed by atoms with van der Waals surface area (Å²) < 4.78 is 11.0. The van der Waals surface area contributed by atoms with Crippen molar-refractivity contribution < 1.29 is 9.47 Å². The van der Waals surface area contributed by atoms with Crippen LogP contribution in [0.1, 0.15) is 59.8 Å². The van der Waals surface area contributed by atoms with Crippen molar-refractivity contribution in [1.29, 1.82) is 0 Å². The monoisotopic (exact) mass is 341 g/mol. The van der Waals surface area contributed by atoms with Crippen molar-refractivity contribution in [2.24, 2.45) is 15.8 Å². The molecule has 0 amide bonds. The Bertz CT molecular complexity index is 371. The molecule has 142 valence electrons. The number of guanidine groups is 1. The lowest BCUT2D eigenvalue weighted by atomic mass is 9.83. The topological polar surface area (TPSA) is 54.9 Å². The van der Waals surface area contributed by atoms with Gasteiger partial charge in [0.1, 0.15) is 0 Å². The van der Waals surface area contributed by atoms with Crippen molar-refractivity contribution in [3.63, 3.8) is 0 Å². The normalized spacial score (nSPS) is 19.3. The summed E-state index contributed by atoms with van der Waals surface area (Å²) in [4.78, 5) is 4.89. The highest BCUT2D eigenvalue weighted by Crippen LogP contribution is 2.41. The summed E-state index contributed by atoms with van der Waals surface area (Å²) in [5.41, 5.74) is 0.424. The summed E-state index contributed by atoms with van der Waals surface area (Å²) in [6.07, 6.45) is 6.42. The van der Waals surface area contributed by atoms with Crippen LogP contribution in [0.2, 0.25) is 0 Å². The lowest BCUT2D eigenvalue weighted by Crippen LogP contribution is -2.45. The van der Waals surface area contributed by atoms with E-state index < -0.39 is 0 Å². The maximum absolute atomic E-state index is 5.63. The first kappa shape index (κ1) is 21.2. The van der Waals surface area contributed by atoms with Gasteiger partial charge >= 0.3 is 0 Å². The van der Waals surface area contributed by atoms with Gasteiger partial charge in [0.25, 0.3) is 0 Å². The van der Waals surface area contributed by atoms with E-state index in [1.54, 1.807) is 14.2 Å². The number of methoxy groups -OCH3 is 2. The molecule has 0 saturated heterocycles. The van der Waals surface area contributed by atoms with Gasteiger partial charge in [0, 0.05) is 40.5 Å². The number of hydrogen-bond acceptors (Lipinski definition) is 3. The van der Waals surface area contributed by atoms with Gasteiger partial charge in [0.05, 0.1) is 6.10 Å². The average Bonchev–Trinajstić information content (AvgIpc) is 2.99. The predicted molar refractivity (Wildman–Crippen MR) is 102 cm³/mol. The average molecular weight is 342 g/mol. The Labute approximate surface area is 149 Å². The third-order valence-electron chi connectivity index (χ3n) is 5.12. The van der Waals surface area contributed by atoms with Crippen molar-refractivity contribution in [3.05, 3.63) is 0 Å². The Kier molecular flexibility index (Phi) is 9.06. The summed E-state index contributed by atoms with van der Waals surface area (Å²) >= 11 is 0. The fraction of sp³-hybridized carbons (Fsp3) is 0.947. The molecule has 1 unspecified atom stereocenters. The van der Waals surface area contributed by atoms with E-state index in [1.807, 2.05) is 0 Å². The number of rotatable bonds is 9. The molecule has 0 aromatic heterocycles. The van der Waals surface area contributed by atoms with Crippen LogP contribution < -0.4 is 10.6 Å². The number of nitrogens with zero attached hydrogens (tertiary/aromatic N) is 1. The maximum atomic E-state index is 5.63. The Balaban J connectivity index is 2.66. The third kappa shape index (κ3) is 6.98. The van der Waals surface area contributed by atoms with Crippen LogP contribution in [0.4, 0.5) is 0 Å². The molecule has 1 aliphatic rings. The lowest BCUT2D eigenvalue weighted by molar-refractivity contribution is 0.0205. The van der Waals surface area contributed by atoms with E-state index in [-0.39, 0.29) is 11.5 Å². The molecule has 5 nitrogen and oxygen atoms in total. The molecule has 0 aromatic carbocycles. The van der Waals surface area contributed by atoms with E-state index in [9.17, 15) is 0 Å². The molecule has 1 aliphatic carbocycles. The van der Waals surface area contributed by atoms with Crippen LogP contribution in [0.25, 0.3) is 0 Å². The van der Waals surface area contributed by atoms with Gasteiger partial charge in [-0.25, -0.2) is 0 Å². The minimum atomic E-state index is 0.101. The van der Waals surface area contributed by atoms with E-state index in [0.29, 0.717) is 5.41 Å². The standard InChI is InChI=1S/C19H39N3O2/c1-7-20-17(21-14-16(24-6)18(2,3)4)22-15-19(12-13-23-5)10-8-9-11-19/h16H,7-15H2,1-6H3,(H2,20,21,22). The van der Waals surface area contributed by atoms with Crippen LogP contribution in [0.15, 0.2) is 4.99 Å². The first-order valence-electron chi connectivity index (χ1n) is 9.41. The summed E-state index contributed by atoms with van der Waals surface area (Å²) in [6, 6.07) is 0. The molecular weight excluding hydrogens is 302 g/mol. The van der Waals surface area contributed by atoms with Crippen molar-refractivity contribution in [3.8, 4) is 0 Å². The molecule has 1 saturated carbocycles. The molecule has 0 aliphatic heterocycles. The Hall–Kier alpha value is -0.810. The Morgan fingerprint density at radius 2 is 1.83 bits per heavy atom. The van der Waals surface area contributed by atoms with Gasteiger partial charge < -0.3 is 20.1 Å². The molecule has 0 bridgehead atoms. The molecule has 1 rings (SSSR count). The largest absolute Gasteiger partial charge is 0.385 e. The van der Waals surface area contributed by atoms with E-state index in [1.165, 1.54) is 25.7 Å². The first-order valence-corrected chi connectivity index (χ1v) is 9.41. The molecule has 1 fully saturated rings. The number of aliphatic imine (C=N–C) groups is 1. The molecule has 5 heteroatoms. The maximum Gasteiger partial charge on any atom is 0.191 e.